The van der Waals surface area contributed by atoms with Gasteiger partial charge in [0.15, 0.2) is 0 Å². The van der Waals surface area contributed by atoms with E-state index in [0.29, 0.717) is 6.61 Å². The third kappa shape index (κ3) is 5.10. The van der Waals surface area contributed by atoms with Gasteiger partial charge in [0.1, 0.15) is 11.4 Å². The van der Waals surface area contributed by atoms with E-state index < -0.39 is 24.5 Å². The topological polar surface area (TPSA) is 57.2 Å². The first-order valence-electron chi connectivity index (χ1n) is 14.7. The van der Waals surface area contributed by atoms with Crippen LogP contribution >= 0.6 is 0 Å². The fourth-order valence-corrected chi connectivity index (χ4v) is 8.93. The molecule has 3 aliphatic carbocycles. The van der Waals surface area contributed by atoms with Crippen LogP contribution in [0.4, 0.5) is 0 Å². The molecule has 39 heavy (non-hydrogen) atoms. The normalized spacial score (nSPS) is 37.6. The summed E-state index contributed by atoms with van der Waals surface area (Å²) in [4.78, 5) is 0. The summed E-state index contributed by atoms with van der Waals surface area (Å²) in [6.07, 6.45) is 9.35. The number of methoxy groups -OCH3 is 2. The Morgan fingerprint density at radius 1 is 1.03 bits per heavy atom. The largest absolute Gasteiger partial charge is 0.497 e. The lowest BCUT2D eigenvalue weighted by Crippen LogP contribution is -2.74. The van der Waals surface area contributed by atoms with E-state index in [9.17, 15) is 5.11 Å². The number of benzene rings is 1. The molecule has 2 fully saturated rings. The van der Waals surface area contributed by atoms with Crippen molar-refractivity contribution in [1.29, 1.82) is 0 Å². The molecule has 0 heterocycles. The zero-order valence-corrected chi connectivity index (χ0v) is 26.6. The van der Waals surface area contributed by atoms with Crippen molar-refractivity contribution in [3.63, 3.8) is 0 Å². The molecular weight excluding hydrogens is 504 g/mol. The van der Waals surface area contributed by atoms with Crippen LogP contribution in [-0.2, 0) is 20.8 Å². The van der Waals surface area contributed by atoms with Gasteiger partial charge in [0.25, 0.3) is 0 Å². The fraction of sp³-hybridized carbons (Fsp3) is 0.697. The first kappa shape index (κ1) is 30.5. The molecule has 6 heteroatoms. The van der Waals surface area contributed by atoms with Gasteiger partial charge in [-0.05, 0) is 60.8 Å². The molecule has 2 saturated carbocycles. The Kier molecular flexibility index (Phi) is 8.68. The van der Waals surface area contributed by atoms with Gasteiger partial charge in [0.2, 0.25) is 0 Å². The molecule has 0 unspecified atom stereocenters. The maximum atomic E-state index is 12.9. The number of ether oxygens (including phenoxy) is 4. The van der Waals surface area contributed by atoms with Crippen LogP contribution in [0.25, 0.3) is 0 Å². The first-order valence-corrected chi connectivity index (χ1v) is 18.4. The van der Waals surface area contributed by atoms with E-state index in [1.54, 1.807) is 14.2 Å². The van der Waals surface area contributed by atoms with Crippen molar-refractivity contribution in [3.05, 3.63) is 54.6 Å². The average Bonchev–Trinajstić information content (AvgIpc) is 3.31. The Balaban J connectivity index is 1.62. The predicted octanol–water partition coefficient (Wildman–Crippen LogP) is 7.03. The van der Waals surface area contributed by atoms with E-state index in [4.69, 9.17) is 18.9 Å². The molecular formula is C33H52O5Si. The van der Waals surface area contributed by atoms with Crippen molar-refractivity contribution in [2.24, 2.45) is 22.2 Å². The van der Waals surface area contributed by atoms with Gasteiger partial charge in [-0.2, -0.15) is 0 Å². The van der Waals surface area contributed by atoms with Crippen molar-refractivity contribution >= 4 is 8.07 Å². The zero-order chi connectivity index (χ0) is 28.7. The number of hydrogen-bond acceptors (Lipinski definition) is 5. The number of aliphatic hydroxyl groups is 1. The van der Waals surface area contributed by atoms with E-state index in [1.807, 2.05) is 18.2 Å². The molecule has 1 N–H and O–H groups in total. The molecule has 1 aromatic carbocycles. The second kappa shape index (κ2) is 11.1. The lowest BCUT2D eigenvalue weighted by atomic mass is 9.39. The molecule has 5 nitrogen and oxygen atoms in total. The summed E-state index contributed by atoms with van der Waals surface area (Å²) in [6, 6.07) is 9.19. The van der Waals surface area contributed by atoms with Gasteiger partial charge in [0.05, 0.1) is 37.4 Å². The van der Waals surface area contributed by atoms with Crippen LogP contribution in [0.3, 0.4) is 0 Å². The van der Waals surface area contributed by atoms with Crippen LogP contribution in [0.15, 0.2) is 49.1 Å². The highest BCUT2D eigenvalue weighted by atomic mass is 28.3. The Morgan fingerprint density at radius 3 is 2.31 bits per heavy atom. The molecule has 0 aromatic heterocycles. The van der Waals surface area contributed by atoms with Crippen molar-refractivity contribution in [1.82, 2.24) is 0 Å². The van der Waals surface area contributed by atoms with E-state index in [-0.39, 0.29) is 29.6 Å². The molecule has 0 aliphatic heterocycles. The Bertz CT molecular complexity index is 1030. The smallest absolute Gasteiger partial charge is 0.118 e. The van der Waals surface area contributed by atoms with Crippen molar-refractivity contribution < 1.29 is 24.1 Å². The summed E-state index contributed by atoms with van der Waals surface area (Å²) in [7, 11) is 2.23. The maximum absolute atomic E-state index is 12.9. The molecule has 0 amide bonds. The monoisotopic (exact) mass is 556 g/mol. The molecule has 1 spiro atoms. The van der Waals surface area contributed by atoms with Crippen molar-refractivity contribution in [3.8, 4) is 5.75 Å². The number of fused-ring (bicyclic) bond motifs is 1. The lowest BCUT2D eigenvalue weighted by Gasteiger charge is -2.69. The quantitative estimate of drug-likeness (QED) is 0.248. The summed E-state index contributed by atoms with van der Waals surface area (Å²) in [5.41, 5.74) is -1.29. The molecule has 3 aliphatic rings. The predicted molar refractivity (Wildman–Crippen MR) is 161 cm³/mol. The molecule has 7 atom stereocenters. The second-order valence-electron chi connectivity index (χ2n) is 14.1. The van der Waals surface area contributed by atoms with E-state index in [0.717, 1.165) is 49.6 Å². The molecule has 218 valence electrons. The van der Waals surface area contributed by atoms with Gasteiger partial charge in [-0.1, -0.05) is 70.8 Å². The summed E-state index contributed by atoms with van der Waals surface area (Å²) < 4.78 is 24.9. The molecule has 0 radical (unpaired) electrons. The molecule has 0 saturated heterocycles. The third-order valence-electron chi connectivity index (χ3n) is 10.6. The minimum atomic E-state index is -1.25. The fourth-order valence-electron chi connectivity index (χ4n) is 8.20. The highest BCUT2D eigenvalue weighted by molar-refractivity contribution is 6.76. The maximum Gasteiger partial charge on any atom is 0.118 e. The highest BCUT2D eigenvalue weighted by Crippen LogP contribution is 2.69. The van der Waals surface area contributed by atoms with Crippen LogP contribution in [-0.4, -0.2) is 57.9 Å². The Hall–Kier alpha value is -1.44. The summed E-state index contributed by atoms with van der Waals surface area (Å²) >= 11 is 0. The van der Waals surface area contributed by atoms with E-state index >= 15 is 0 Å². The van der Waals surface area contributed by atoms with E-state index in [1.165, 1.54) is 0 Å². The first-order chi connectivity index (χ1) is 18.3. The Labute approximate surface area is 238 Å². The molecule has 4 rings (SSSR count). The van der Waals surface area contributed by atoms with Gasteiger partial charge >= 0.3 is 0 Å². The lowest BCUT2D eigenvalue weighted by molar-refractivity contribution is -0.288. The summed E-state index contributed by atoms with van der Waals surface area (Å²) in [6.45, 7) is 19.6. The van der Waals surface area contributed by atoms with Crippen LogP contribution in [0, 0.1) is 22.2 Å². The average molecular weight is 557 g/mol. The second-order valence-corrected chi connectivity index (χ2v) is 19.8. The standard InChI is InChI=1S/C33H52O5Si/c1-10-33(34)31(4)19-17-27(38-23-24-13-15-25(35-5)16-14-24)30(2,3)26(31)22-29(36-6)32(33)18-11-12-28(32)37-20-21-39(7,8)9/h10-11,13-16,18,26-29,34H,1,12,17,19-23H2,2-9H3/t26-,27+,28-,29-,31-,32+,33+/m1/s1. The van der Waals surface area contributed by atoms with Gasteiger partial charge in [-0.25, -0.2) is 0 Å². The van der Waals surface area contributed by atoms with Gasteiger partial charge < -0.3 is 24.1 Å². The molecule has 0 bridgehead atoms. The minimum Gasteiger partial charge on any atom is -0.497 e. The number of hydrogen-bond donors (Lipinski definition) is 1. The number of rotatable bonds is 10. The van der Waals surface area contributed by atoms with Gasteiger partial charge in [-0.3, -0.25) is 0 Å². The van der Waals surface area contributed by atoms with Crippen LogP contribution in [0.5, 0.6) is 5.75 Å². The highest BCUT2D eigenvalue weighted by Gasteiger charge is 2.73. The zero-order valence-electron chi connectivity index (χ0n) is 25.6. The van der Waals surface area contributed by atoms with Crippen LogP contribution in [0.2, 0.25) is 25.7 Å². The van der Waals surface area contributed by atoms with E-state index in [2.05, 4.69) is 71.3 Å². The molecule has 1 aromatic rings. The third-order valence-corrected chi connectivity index (χ3v) is 12.3. The van der Waals surface area contributed by atoms with Crippen LogP contribution in [0.1, 0.15) is 52.0 Å². The van der Waals surface area contributed by atoms with Gasteiger partial charge in [0, 0.05) is 27.2 Å². The van der Waals surface area contributed by atoms with Crippen LogP contribution < -0.4 is 4.74 Å². The summed E-state index contributed by atoms with van der Waals surface area (Å²) in [5, 5.41) is 12.9. The SMILES string of the molecule is C=C[C@@]1(O)[C@]2(C=CC[C@H]2OCC[Si](C)(C)C)[C@H](OC)C[C@@H]2C(C)(C)[C@@H](OCc3ccc(OC)cc3)CC[C@]21C. The van der Waals surface area contributed by atoms with Crippen molar-refractivity contribution in [2.45, 2.75) is 103 Å². The van der Waals surface area contributed by atoms with Gasteiger partial charge in [-0.15, -0.1) is 6.58 Å². The summed E-state index contributed by atoms with van der Waals surface area (Å²) in [5.74, 6) is 1.02. The Morgan fingerprint density at radius 2 is 1.72 bits per heavy atom. The van der Waals surface area contributed by atoms with Crippen molar-refractivity contribution in [2.75, 3.05) is 20.8 Å². The minimum absolute atomic E-state index is 0.0706.